The van der Waals surface area contributed by atoms with Crippen LogP contribution in [0.15, 0.2) is 59.5 Å². The number of amides is 1. The highest BCUT2D eigenvalue weighted by atomic mass is 32.2. The van der Waals surface area contributed by atoms with Crippen LogP contribution in [0.1, 0.15) is 25.8 Å². The van der Waals surface area contributed by atoms with E-state index in [4.69, 9.17) is 0 Å². The van der Waals surface area contributed by atoms with Crippen LogP contribution in [-0.4, -0.2) is 38.9 Å². The number of thioether (sulfide) groups is 1. The predicted octanol–water partition coefficient (Wildman–Crippen LogP) is 3.32. The third-order valence-electron chi connectivity index (χ3n) is 4.59. The lowest BCUT2D eigenvalue weighted by atomic mass is 9.84. The molecule has 8 heteroatoms. The quantitative estimate of drug-likeness (QED) is 0.597. The van der Waals surface area contributed by atoms with Gasteiger partial charge in [-0.15, -0.1) is 0 Å². The Morgan fingerprint density at radius 2 is 1.72 bits per heavy atom. The van der Waals surface area contributed by atoms with E-state index in [1.165, 1.54) is 30.0 Å². The van der Waals surface area contributed by atoms with Crippen molar-refractivity contribution in [1.82, 2.24) is 10.0 Å². The molecule has 0 aliphatic carbocycles. The first-order chi connectivity index (χ1) is 13.7. The number of carbonyl (C=O) groups excluding carboxylic acids is 1. The monoisotopic (exact) mass is 438 g/mol. The van der Waals surface area contributed by atoms with Crippen molar-refractivity contribution in [2.45, 2.75) is 36.6 Å². The first-order valence-corrected chi connectivity index (χ1v) is 12.1. The molecule has 5 nitrogen and oxygen atoms in total. The summed E-state index contributed by atoms with van der Waals surface area (Å²) in [7, 11) is -3.83. The van der Waals surface area contributed by atoms with E-state index < -0.39 is 27.4 Å². The van der Waals surface area contributed by atoms with Gasteiger partial charge in [0, 0.05) is 12.0 Å². The second kappa shape index (κ2) is 10.2. The zero-order valence-corrected chi connectivity index (χ0v) is 18.4. The van der Waals surface area contributed by atoms with E-state index in [9.17, 15) is 17.6 Å². The molecule has 1 atom stereocenters. The minimum absolute atomic E-state index is 0.105. The topological polar surface area (TPSA) is 75.3 Å². The summed E-state index contributed by atoms with van der Waals surface area (Å²) < 4.78 is 41.9. The fourth-order valence-electron chi connectivity index (χ4n) is 2.87. The van der Waals surface area contributed by atoms with Gasteiger partial charge in [-0.1, -0.05) is 50.2 Å². The van der Waals surface area contributed by atoms with Gasteiger partial charge in [-0.05, 0) is 42.2 Å². The predicted molar refractivity (Wildman–Crippen MR) is 116 cm³/mol. The van der Waals surface area contributed by atoms with Crippen LogP contribution in [0.5, 0.6) is 0 Å². The molecule has 0 saturated heterocycles. The second-order valence-corrected chi connectivity index (χ2v) is 10.0. The molecule has 1 unspecified atom stereocenters. The third kappa shape index (κ3) is 6.55. The lowest BCUT2D eigenvalue weighted by Gasteiger charge is -2.27. The molecule has 1 amide bonds. The van der Waals surface area contributed by atoms with Gasteiger partial charge in [-0.2, -0.15) is 16.5 Å². The minimum atomic E-state index is -3.83. The highest BCUT2D eigenvalue weighted by molar-refractivity contribution is 7.98. The van der Waals surface area contributed by atoms with Crippen molar-refractivity contribution in [1.29, 1.82) is 0 Å². The van der Waals surface area contributed by atoms with E-state index in [1.807, 2.05) is 20.1 Å². The maximum atomic E-state index is 14.1. The molecule has 0 aliphatic heterocycles. The van der Waals surface area contributed by atoms with E-state index in [0.717, 1.165) is 0 Å². The Balaban J connectivity index is 2.11. The average molecular weight is 439 g/mol. The van der Waals surface area contributed by atoms with E-state index in [-0.39, 0.29) is 17.3 Å². The van der Waals surface area contributed by atoms with Crippen LogP contribution in [0.25, 0.3) is 0 Å². The average Bonchev–Trinajstić information content (AvgIpc) is 2.70. The molecule has 0 bridgehead atoms. The highest BCUT2D eigenvalue weighted by Crippen LogP contribution is 2.25. The smallest absolute Gasteiger partial charge is 0.241 e. The van der Waals surface area contributed by atoms with Gasteiger partial charge < -0.3 is 5.32 Å². The van der Waals surface area contributed by atoms with Crippen LogP contribution < -0.4 is 10.0 Å². The van der Waals surface area contributed by atoms with Gasteiger partial charge in [0.25, 0.3) is 0 Å². The second-order valence-electron chi connectivity index (χ2n) is 7.35. The van der Waals surface area contributed by atoms with Crippen LogP contribution in [0.4, 0.5) is 4.39 Å². The molecule has 0 aromatic heterocycles. The van der Waals surface area contributed by atoms with Crippen molar-refractivity contribution in [3.05, 3.63) is 66.0 Å². The lowest BCUT2D eigenvalue weighted by Crippen LogP contribution is -2.49. The van der Waals surface area contributed by atoms with Crippen LogP contribution in [0.3, 0.4) is 0 Å². The fourth-order valence-corrected chi connectivity index (χ4v) is 4.59. The fraction of sp³-hybridized carbons (Fsp3) is 0.381. The van der Waals surface area contributed by atoms with E-state index in [2.05, 4.69) is 10.0 Å². The SMILES string of the molecule is CSCCC(NS(=O)(=O)c1ccccc1)C(=O)NCC(C)(C)c1ccccc1F. The molecule has 158 valence electrons. The number of hydrogen-bond acceptors (Lipinski definition) is 4. The molecular weight excluding hydrogens is 411 g/mol. The van der Waals surface area contributed by atoms with Gasteiger partial charge in [0.05, 0.1) is 4.90 Å². The van der Waals surface area contributed by atoms with Crippen molar-refractivity contribution in [3.8, 4) is 0 Å². The molecule has 0 aliphatic rings. The Bertz CT molecular complexity index is 919. The number of benzene rings is 2. The summed E-state index contributed by atoms with van der Waals surface area (Å²) in [6.45, 7) is 3.84. The Morgan fingerprint density at radius 3 is 2.34 bits per heavy atom. The zero-order chi connectivity index (χ0) is 21.5. The molecular formula is C21H27FN2O3S2. The highest BCUT2D eigenvalue weighted by Gasteiger charge is 2.29. The number of hydrogen-bond donors (Lipinski definition) is 2. The van der Waals surface area contributed by atoms with E-state index >= 15 is 0 Å². The van der Waals surface area contributed by atoms with Gasteiger partial charge >= 0.3 is 0 Å². The molecule has 2 N–H and O–H groups in total. The first-order valence-electron chi connectivity index (χ1n) is 9.26. The van der Waals surface area contributed by atoms with Crippen molar-refractivity contribution >= 4 is 27.7 Å². The van der Waals surface area contributed by atoms with E-state index in [0.29, 0.717) is 17.7 Å². The molecule has 0 saturated carbocycles. The third-order valence-corrected chi connectivity index (χ3v) is 6.72. The van der Waals surface area contributed by atoms with Crippen LogP contribution in [0.2, 0.25) is 0 Å². The summed E-state index contributed by atoms with van der Waals surface area (Å²) in [5.74, 6) is -0.148. The molecule has 0 spiro atoms. The molecule has 2 rings (SSSR count). The summed E-state index contributed by atoms with van der Waals surface area (Å²) in [5, 5.41) is 2.79. The van der Waals surface area contributed by atoms with Crippen LogP contribution in [0, 0.1) is 5.82 Å². The molecule has 0 radical (unpaired) electrons. The number of sulfonamides is 1. The van der Waals surface area contributed by atoms with E-state index in [1.54, 1.807) is 36.4 Å². The van der Waals surface area contributed by atoms with Crippen LogP contribution in [-0.2, 0) is 20.2 Å². The maximum absolute atomic E-state index is 14.1. The molecule has 2 aromatic rings. The summed E-state index contributed by atoms with van der Waals surface area (Å²) in [4.78, 5) is 12.9. The van der Waals surface area contributed by atoms with Crippen molar-refractivity contribution in [2.24, 2.45) is 0 Å². The Hall–Kier alpha value is -1.90. The Kier molecular flexibility index (Phi) is 8.24. The summed E-state index contributed by atoms with van der Waals surface area (Å²) in [5.41, 5.74) is -0.158. The molecule has 2 aromatic carbocycles. The normalized spacial score (nSPS) is 13.1. The van der Waals surface area contributed by atoms with Crippen molar-refractivity contribution < 1.29 is 17.6 Å². The number of rotatable bonds is 10. The van der Waals surface area contributed by atoms with Crippen LogP contribution >= 0.6 is 11.8 Å². The number of carbonyl (C=O) groups is 1. The largest absolute Gasteiger partial charge is 0.354 e. The Morgan fingerprint density at radius 1 is 1.10 bits per heavy atom. The molecule has 29 heavy (non-hydrogen) atoms. The molecule has 0 heterocycles. The summed E-state index contributed by atoms with van der Waals surface area (Å²) in [6, 6.07) is 13.5. The maximum Gasteiger partial charge on any atom is 0.241 e. The van der Waals surface area contributed by atoms with Crippen molar-refractivity contribution in [2.75, 3.05) is 18.6 Å². The van der Waals surface area contributed by atoms with Crippen molar-refractivity contribution in [3.63, 3.8) is 0 Å². The minimum Gasteiger partial charge on any atom is -0.354 e. The van der Waals surface area contributed by atoms with Gasteiger partial charge in [-0.25, -0.2) is 12.8 Å². The van der Waals surface area contributed by atoms with Gasteiger partial charge in [0.15, 0.2) is 0 Å². The Labute approximate surface area is 176 Å². The zero-order valence-electron chi connectivity index (χ0n) is 16.8. The summed E-state index contributed by atoms with van der Waals surface area (Å²) >= 11 is 1.53. The van der Waals surface area contributed by atoms with Gasteiger partial charge in [0.2, 0.25) is 15.9 Å². The van der Waals surface area contributed by atoms with Gasteiger partial charge in [-0.3, -0.25) is 4.79 Å². The number of halogens is 1. The first kappa shape index (κ1) is 23.4. The molecule has 0 fully saturated rings. The lowest BCUT2D eigenvalue weighted by molar-refractivity contribution is -0.123. The standard InChI is InChI=1S/C21H27FN2O3S2/c1-21(2,17-11-7-8-12-18(17)22)15-23-20(25)19(13-14-28-3)24-29(26,27)16-9-5-4-6-10-16/h4-12,19,24H,13-15H2,1-3H3,(H,23,25). The van der Waals surface area contributed by atoms with Gasteiger partial charge in [0.1, 0.15) is 11.9 Å². The summed E-state index contributed by atoms with van der Waals surface area (Å²) in [6.07, 6.45) is 2.24. The number of nitrogens with one attached hydrogen (secondary N) is 2.